The summed E-state index contributed by atoms with van der Waals surface area (Å²) in [6.07, 6.45) is 5.76. The van der Waals surface area contributed by atoms with Gasteiger partial charge in [-0.2, -0.15) is 0 Å². The van der Waals surface area contributed by atoms with Crippen molar-refractivity contribution in [2.75, 3.05) is 6.61 Å². The highest BCUT2D eigenvalue weighted by molar-refractivity contribution is 5.87. The summed E-state index contributed by atoms with van der Waals surface area (Å²) in [6.45, 7) is 11.5. The molecule has 0 aliphatic heterocycles. The molecule has 2 nitrogen and oxygen atoms in total. The molecule has 0 heterocycles. The minimum absolute atomic E-state index is 0.193. The van der Waals surface area contributed by atoms with Crippen LogP contribution < -0.4 is 0 Å². The van der Waals surface area contributed by atoms with Crippen LogP contribution >= 0.6 is 0 Å². The summed E-state index contributed by atoms with van der Waals surface area (Å²) in [5.74, 6) is -0.283. The minimum Gasteiger partial charge on any atom is -0.463 e. The molecule has 0 bridgehead atoms. The Bertz CT molecular complexity index is 565. The molecule has 1 aromatic carbocycles. The first-order chi connectivity index (χ1) is 9.76. The van der Waals surface area contributed by atoms with E-state index in [2.05, 4.69) is 45.9 Å². The molecule has 0 N–H and O–H groups in total. The Balaban J connectivity index is 2.35. The predicted octanol–water partition coefficient (Wildman–Crippen LogP) is 4.61. The molecule has 2 rings (SSSR count). The van der Waals surface area contributed by atoms with Gasteiger partial charge < -0.3 is 4.74 Å². The van der Waals surface area contributed by atoms with E-state index in [0.29, 0.717) is 6.61 Å². The van der Waals surface area contributed by atoms with E-state index in [0.717, 1.165) is 5.56 Å². The maximum absolute atomic E-state index is 11.4. The van der Waals surface area contributed by atoms with E-state index in [1.165, 1.54) is 30.0 Å². The zero-order valence-electron chi connectivity index (χ0n) is 13.8. The molecular weight excluding hydrogens is 260 g/mol. The van der Waals surface area contributed by atoms with E-state index in [4.69, 9.17) is 4.74 Å². The van der Waals surface area contributed by atoms with Crippen LogP contribution in [0.25, 0.3) is 6.08 Å². The lowest BCUT2D eigenvalue weighted by atomic mass is 9.63. The van der Waals surface area contributed by atoms with Crippen molar-refractivity contribution in [2.45, 2.75) is 58.3 Å². The second-order valence-electron chi connectivity index (χ2n) is 7.16. The Morgan fingerprint density at radius 2 is 1.76 bits per heavy atom. The summed E-state index contributed by atoms with van der Waals surface area (Å²) in [6, 6.07) is 6.55. The molecule has 2 heteroatoms. The number of rotatable bonds is 3. The van der Waals surface area contributed by atoms with Gasteiger partial charge in [-0.3, -0.25) is 0 Å². The highest BCUT2D eigenvalue weighted by Crippen LogP contribution is 2.45. The molecule has 0 aromatic heterocycles. The third kappa shape index (κ3) is 3.37. The Labute approximate surface area is 128 Å². The number of hydrogen-bond acceptors (Lipinski definition) is 2. The van der Waals surface area contributed by atoms with Gasteiger partial charge in [0.25, 0.3) is 0 Å². The van der Waals surface area contributed by atoms with Crippen molar-refractivity contribution >= 4 is 12.0 Å². The van der Waals surface area contributed by atoms with Crippen molar-refractivity contribution in [3.8, 4) is 0 Å². The fourth-order valence-corrected chi connectivity index (χ4v) is 3.06. The maximum Gasteiger partial charge on any atom is 0.330 e. The van der Waals surface area contributed by atoms with Gasteiger partial charge in [0.05, 0.1) is 6.61 Å². The summed E-state index contributed by atoms with van der Waals surface area (Å²) in [5, 5.41) is 0. The lowest BCUT2D eigenvalue weighted by Gasteiger charge is -2.42. The third-order valence-corrected chi connectivity index (χ3v) is 4.58. The topological polar surface area (TPSA) is 26.3 Å². The molecule has 0 unspecified atom stereocenters. The molecule has 0 radical (unpaired) electrons. The van der Waals surface area contributed by atoms with Crippen LogP contribution in [0.3, 0.4) is 0 Å². The first-order valence-electron chi connectivity index (χ1n) is 7.76. The van der Waals surface area contributed by atoms with Crippen molar-refractivity contribution in [1.82, 2.24) is 0 Å². The normalized spacial score (nSPS) is 19.3. The van der Waals surface area contributed by atoms with Crippen molar-refractivity contribution in [1.29, 1.82) is 0 Å². The standard InChI is InChI=1S/C19H26O2/c1-6-21-17(20)10-8-14-7-9-15-16(13-14)19(4,5)12-11-18(15,2)3/h7-10,13H,6,11-12H2,1-5H3. The summed E-state index contributed by atoms with van der Waals surface area (Å²) in [4.78, 5) is 11.4. The molecule has 0 atom stereocenters. The van der Waals surface area contributed by atoms with Crippen molar-refractivity contribution in [3.63, 3.8) is 0 Å². The van der Waals surface area contributed by atoms with Crippen LogP contribution in [0.4, 0.5) is 0 Å². The molecule has 0 amide bonds. The van der Waals surface area contributed by atoms with E-state index < -0.39 is 0 Å². The molecule has 1 aliphatic rings. The maximum atomic E-state index is 11.4. The van der Waals surface area contributed by atoms with Crippen molar-refractivity contribution < 1.29 is 9.53 Å². The van der Waals surface area contributed by atoms with Crippen LogP contribution in [-0.2, 0) is 20.4 Å². The van der Waals surface area contributed by atoms with Gasteiger partial charge in [0.1, 0.15) is 0 Å². The van der Waals surface area contributed by atoms with E-state index in [-0.39, 0.29) is 16.8 Å². The number of esters is 1. The largest absolute Gasteiger partial charge is 0.463 e. The van der Waals surface area contributed by atoms with Crippen LogP contribution in [0.5, 0.6) is 0 Å². The van der Waals surface area contributed by atoms with Gasteiger partial charge in [-0.15, -0.1) is 0 Å². The predicted molar refractivity (Wildman–Crippen MR) is 87.4 cm³/mol. The second-order valence-corrected chi connectivity index (χ2v) is 7.16. The number of hydrogen-bond donors (Lipinski definition) is 0. The summed E-state index contributed by atoms with van der Waals surface area (Å²) in [5.41, 5.74) is 4.33. The lowest BCUT2D eigenvalue weighted by Crippen LogP contribution is -2.33. The highest BCUT2D eigenvalue weighted by atomic mass is 16.5. The summed E-state index contributed by atoms with van der Waals surface area (Å²) < 4.78 is 4.92. The Hall–Kier alpha value is -1.57. The van der Waals surface area contributed by atoms with Crippen molar-refractivity contribution in [2.24, 2.45) is 0 Å². The smallest absolute Gasteiger partial charge is 0.330 e. The number of carbonyl (C=O) groups is 1. The van der Waals surface area contributed by atoms with Gasteiger partial charge in [0.15, 0.2) is 0 Å². The first-order valence-corrected chi connectivity index (χ1v) is 7.76. The molecular formula is C19H26O2. The summed E-state index contributed by atoms with van der Waals surface area (Å²) in [7, 11) is 0. The Morgan fingerprint density at radius 3 is 2.38 bits per heavy atom. The van der Waals surface area contributed by atoms with Crippen LogP contribution in [0.1, 0.15) is 64.2 Å². The number of fused-ring (bicyclic) bond motifs is 1. The third-order valence-electron chi connectivity index (χ3n) is 4.58. The second kappa shape index (κ2) is 5.67. The fraction of sp³-hybridized carbons (Fsp3) is 0.526. The highest BCUT2D eigenvalue weighted by Gasteiger charge is 2.36. The van der Waals surface area contributed by atoms with Gasteiger partial charge in [-0.25, -0.2) is 4.79 Å². The Kier molecular flexibility index (Phi) is 4.27. The molecule has 1 aliphatic carbocycles. The number of ether oxygens (including phenoxy) is 1. The van der Waals surface area contributed by atoms with E-state index in [9.17, 15) is 4.79 Å². The molecule has 21 heavy (non-hydrogen) atoms. The first kappa shape index (κ1) is 15.8. The molecule has 0 spiro atoms. The Morgan fingerprint density at radius 1 is 1.14 bits per heavy atom. The van der Waals surface area contributed by atoms with Gasteiger partial charge in [-0.05, 0) is 53.4 Å². The average molecular weight is 286 g/mol. The minimum atomic E-state index is -0.283. The van der Waals surface area contributed by atoms with Crippen LogP contribution in [-0.4, -0.2) is 12.6 Å². The zero-order chi connectivity index (χ0) is 15.7. The fourth-order valence-electron chi connectivity index (χ4n) is 3.06. The van der Waals surface area contributed by atoms with Crippen LogP contribution in [0, 0.1) is 0 Å². The van der Waals surface area contributed by atoms with E-state index in [1.54, 1.807) is 0 Å². The van der Waals surface area contributed by atoms with Gasteiger partial charge in [0.2, 0.25) is 0 Å². The zero-order valence-corrected chi connectivity index (χ0v) is 13.8. The van der Waals surface area contributed by atoms with Crippen LogP contribution in [0.15, 0.2) is 24.3 Å². The number of carbonyl (C=O) groups excluding carboxylic acids is 1. The monoisotopic (exact) mass is 286 g/mol. The van der Waals surface area contributed by atoms with Crippen LogP contribution in [0.2, 0.25) is 0 Å². The summed E-state index contributed by atoms with van der Waals surface area (Å²) >= 11 is 0. The van der Waals surface area contributed by atoms with E-state index >= 15 is 0 Å². The lowest BCUT2D eigenvalue weighted by molar-refractivity contribution is -0.137. The molecule has 114 valence electrons. The van der Waals surface area contributed by atoms with Gasteiger partial charge in [-0.1, -0.05) is 45.9 Å². The molecule has 0 saturated heterocycles. The average Bonchev–Trinajstić information content (AvgIpc) is 2.42. The van der Waals surface area contributed by atoms with Crippen molar-refractivity contribution in [3.05, 3.63) is 41.0 Å². The van der Waals surface area contributed by atoms with E-state index in [1.807, 2.05) is 13.0 Å². The molecule has 0 fully saturated rings. The SMILES string of the molecule is CCOC(=O)C=Cc1ccc2c(c1)C(C)(C)CCC2(C)C. The molecule has 0 saturated carbocycles. The number of benzene rings is 1. The van der Waals surface area contributed by atoms with Gasteiger partial charge >= 0.3 is 5.97 Å². The quantitative estimate of drug-likeness (QED) is 0.599. The van der Waals surface area contributed by atoms with Gasteiger partial charge in [0, 0.05) is 6.08 Å². The molecule has 1 aromatic rings.